The molecule has 0 saturated heterocycles. The molecule has 3 nitrogen and oxygen atoms in total. The third-order valence-electron chi connectivity index (χ3n) is 10.4. The molecule has 0 N–H and O–H groups in total. The molecule has 4 heterocycles. The lowest BCUT2D eigenvalue weighted by molar-refractivity contribution is 1.18. The van der Waals surface area contributed by atoms with Gasteiger partial charge < -0.3 is 9.13 Å². The van der Waals surface area contributed by atoms with Crippen LogP contribution in [0.5, 0.6) is 0 Å². The quantitative estimate of drug-likeness (QED) is 0.183. The molecule has 238 valence electrons. The Morgan fingerprint density at radius 3 is 1.63 bits per heavy atom. The summed E-state index contributed by atoms with van der Waals surface area (Å²) in [6.07, 6.45) is 1.88. The van der Waals surface area contributed by atoms with Crippen molar-refractivity contribution in [1.82, 2.24) is 14.1 Å². The predicted molar refractivity (Wildman–Crippen MR) is 217 cm³/mol. The highest BCUT2D eigenvalue weighted by Crippen LogP contribution is 2.40. The molecule has 51 heavy (non-hydrogen) atoms. The van der Waals surface area contributed by atoms with E-state index in [2.05, 4.69) is 173 Å². The van der Waals surface area contributed by atoms with Gasteiger partial charge in [-0.2, -0.15) is 0 Å². The average Bonchev–Trinajstić information content (AvgIpc) is 3.85. The first-order valence-corrected chi connectivity index (χ1v) is 18.1. The van der Waals surface area contributed by atoms with E-state index in [1.54, 1.807) is 0 Å². The van der Waals surface area contributed by atoms with Crippen molar-refractivity contribution in [2.45, 2.75) is 0 Å². The fourth-order valence-corrected chi connectivity index (χ4v) is 9.12. The Bertz CT molecular complexity index is 3050. The average molecular weight is 668 g/mol. The third-order valence-corrected chi connectivity index (χ3v) is 11.5. The molecule has 0 aliphatic carbocycles. The summed E-state index contributed by atoms with van der Waals surface area (Å²) in [6.45, 7) is 0. The molecule has 0 fully saturated rings. The minimum absolute atomic E-state index is 1.03. The van der Waals surface area contributed by atoms with E-state index < -0.39 is 0 Å². The van der Waals surface area contributed by atoms with Crippen molar-refractivity contribution in [3.05, 3.63) is 176 Å². The Kier molecular flexibility index (Phi) is 6.12. The Balaban J connectivity index is 1.02. The number of hydrogen-bond acceptors (Lipinski definition) is 2. The van der Waals surface area contributed by atoms with Gasteiger partial charge in [-0.25, -0.2) is 0 Å². The number of nitrogens with zero attached hydrogens (tertiary/aromatic N) is 3. The molecular formula is C47H29N3S. The third kappa shape index (κ3) is 4.33. The highest BCUT2D eigenvalue weighted by molar-refractivity contribution is 7.25. The topological polar surface area (TPSA) is 22.8 Å². The minimum Gasteiger partial charge on any atom is -0.309 e. The summed E-state index contributed by atoms with van der Waals surface area (Å²) in [5.41, 5.74) is 12.9. The molecule has 4 heteroatoms. The smallest absolute Gasteiger partial charge is 0.0963 e. The number of para-hydroxylation sites is 3. The molecule has 11 aromatic rings. The number of benzene rings is 7. The van der Waals surface area contributed by atoms with Gasteiger partial charge in [-0.05, 0) is 101 Å². The van der Waals surface area contributed by atoms with E-state index in [1.165, 1.54) is 75.3 Å². The van der Waals surface area contributed by atoms with E-state index in [0.717, 1.165) is 22.2 Å². The standard InChI is InChI=1S/C47H29N3S/c1-4-17-41-36(14-1)37-15-2-5-18-42(37)49(41)35-22-24-46-40(29-35)39-28-33(21-23-45(39)51-46)31-11-7-10-30(26-31)32-12-8-13-34(27-32)50-43-19-6-3-16-38(43)47-44(50)20-9-25-48-47/h1-29H. The minimum atomic E-state index is 1.03. The summed E-state index contributed by atoms with van der Waals surface area (Å²) >= 11 is 1.86. The van der Waals surface area contributed by atoms with Gasteiger partial charge in [0, 0.05) is 53.9 Å². The zero-order valence-corrected chi connectivity index (χ0v) is 28.3. The van der Waals surface area contributed by atoms with E-state index in [4.69, 9.17) is 4.98 Å². The molecular weight excluding hydrogens is 639 g/mol. The zero-order valence-electron chi connectivity index (χ0n) is 27.5. The van der Waals surface area contributed by atoms with Gasteiger partial charge in [-0.15, -0.1) is 11.3 Å². The van der Waals surface area contributed by atoms with Crippen LogP contribution < -0.4 is 0 Å². The molecule has 0 unspecified atom stereocenters. The van der Waals surface area contributed by atoms with Crippen molar-refractivity contribution in [3.63, 3.8) is 0 Å². The van der Waals surface area contributed by atoms with Crippen molar-refractivity contribution in [3.8, 4) is 33.6 Å². The lowest BCUT2D eigenvalue weighted by atomic mass is 9.97. The van der Waals surface area contributed by atoms with Crippen molar-refractivity contribution >= 4 is 75.3 Å². The molecule has 0 atom stereocenters. The van der Waals surface area contributed by atoms with Gasteiger partial charge in [0.15, 0.2) is 0 Å². The summed E-state index contributed by atoms with van der Waals surface area (Å²) in [7, 11) is 0. The highest BCUT2D eigenvalue weighted by Gasteiger charge is 2.16. The normalized spacial score (nSPS) is 11.9. The van der Waals surface area contributed by atoms with E-state index >= 15 is 0 Å². The van der Waals surface area contributed by atoms with Crippen molar-refractivity contribution in [2.75, 3.05) is 0 Å². The van der Waals surface area contributed by atoms with Crippen LogP contribution in [0.25, 0.3) is 97.5 Å². The second-order valence-corrected chi connectivity index (χ2v) is 14.3. The molecule has 0 saturated carbocycles. The lowest BCUT2D eigenvalue weighted by Gasteiger charge is -2.11. The summed E-state index contributed by atoms with van der Waals surface area (Å²) in [5, 5.41) is 6.31. The Labute approximate surface area is 297 Å². The number of hydrogen-bond donors (Lipinski definition) is 0. The summed E-state index contributed by atoms with van der Waals surface area (Å²) in [6, 6.07) is 61.8. The summed E-state index contributed by atoms with van der Waals surface area (Å²) in [4.78, 5) is 4.74. The zero-order chi connectivity index (χ0) is 33.5. The molecule has 7 aromatic carbocycles. The number of pyridine rings is 1. The molecule has 0 radical (unpaired) electrons. The first-order chi connectivity index (χ1) is 25.3. The van der Waals surface area contributed by atoms with Crippen LogP contribution in [0, 0.1) is 0 Å². The summed E-state index contributed by atoms with van der Waals surface area (Å²) in [5.74, 6) is 0. The monoisotopic (exact) mass is 667 g/mol. The number of rotatable bonds is 4. The molecule has 0 bridgehead atoms. The second kappa shape index (κ2) is 11.0. The van der Waals surface area contributed by atoms with Crippen LogP contribution in [0.15, 0.2) is 176 Å². The van der Waals surface area contributed by atoms with E-state index in [0.29, 0.717) is 0 Å². The maximum Gasteiger partial charge on any atom is 0.0963 e. The fourth-order valence-electron chi connectivity index (χ4n) is 8.05. The van der Waals surface area contributed by atoms with E-state index in [1.807, 2.05) is 23.6 Å². The maximum absolute atomic E-state index is 4.74. The Morgan fingerprint density at radius 1 is 0.353 bits per heavy atom. The number of aromatic nitrogens is 3. The van der Waals surface area contributed by atoms with Gasteiger partial charge in [0.25, 0.3) is 0 Å². The molecule has 0 spiro atoms. The van der Waals surface area contributed by atoms with Crippen molar-refractivity contribution < 1.29 is 0 Å². The largest absolute Gasteiger partial charge is 0.309 e. The van der Waals surface area contributed by atoms with Crippen LogP contribution in [0.4, 0.5) is 0 Å². The van der Waals surface area contributed by atoms with Crippen LogP contribution in [0.3, 0.4) is 0 Å². The number of thiophene rings is 1. The molecule has 4 aromatic heterocycles. The predicted octanol–water partition coefficient (Wildman–Crippen LogP) is 13.0. The van der Waals surface area contributed by atoms with E-state index in [9.17, 15) is 0 Å². The van der Waals surface area contributed by atoms with E-state index in [-0.39, 0.29) is 0 Å². The molecule has 0 aliphatic rings. The number of fused-ring (bicyclic) bond motifs is 9. The molecule has 0 aliphatic heterocycles. The van der Waals surface area contributed by atoms with Crippen molar-refractivity contribution in [1.29, 1.82) is 0 Å². The van der Waals surface area contributed by atoms with Gasteiger partial charge in [-0.1, -0.05) is 91.0 Å². The van der Waals surface area contributed by atoms with Gasteiger partial charge in [-0.3, -0.25) is 4.98 Å². The van der Waals surface area contributed by atoms with Crippen LogP contribution in [0.2, 0.25) is 0 Å². The van der Waals surface area contributed by atoms with Crippen LogP contribution >= 0.6 is 11.3 Å². The van der Waals surface area contributed by atoms with Gasteiger partial charge in [0.2, 0.25) is 0 Å². The maximum atomic E-state index is 4.74. The first-order valence-electron chi connectivity index (χ1n) is 17.3. The SMILES string of the molecule is c1cc(-c2cccc(-n3c4ccccc4c4ncccc43)c2)cc(-c2ccc3sc4ccc(-n5c6ccccc6c6ccccc65)cc4c3c2)c1. The Hall–Kier alpha value is -6.49. The van der Waals surface area contributed by atoms with Crippen molar-refractivity contribution in [2.24, 2.45) is 0 Å². The van der Waals surface area contributed by atoms with Gasteiger partial charge >= 0.3 is 0 Å². The van der Waals surface area contributed by atoms with Crippen LogP contribution in [-0.2, 0) is 0 Å². The fraction of sp³-hybridized carbons (Fsp3) is 0. The van der Waals surface area contributed by atoms with Gasteiger partial charge in [0.1, 0.15) is 0 Å². The molecule has 11 rings (SSSR count). The van der Waals surface area contributed by atoms with Crippen LogP contribution in [-0.4, -0.2) is 14.1 Å². The summed E-state index contributed by atoms with van der Waals surface area (Å²) < 4.78 is 7.34. The lowest BCUT2D eigenvalue weighted by Crippen LogP contribution is -1.94. The molecule has 0 amide bonds. The highest BCUT2D eigenvalue weighted by atomic mass is 32.1. The second-order valence-electron chi connectivity index (χ2n) is 13.2. The van der Waals surface area contributed by atoms with Gasteiger partial charge in [0.05, 0.1) is 27.6 Å². The Morgan fingerprint density at radius 2 is 0.882 bits per heavy atom. The first kappa shape index (κ1) is 28.4. The van der Waals surface area contributed by atoms with Crippen LogP contribution in [0.1, 0.15) is 0 Å².